The second kappa shape index (κ2) is 6.48. The van der Waals surface area contributed by atoms with Crippen molar-refractivity contribution in [1.29, 1.82) is 0 Å². The molecule has 2 N–H and O–H groups in total. The molecular weight excluding hydrogens is 206 g/mol. The number of likely N-dealkylation sites (N-methyl/N-ethyl adjacent to an activating group) is 1. The smallest absolute Gasteiger partial charge is 0.225 e. The Morgan fingerprint density at radius 2 is 2.19 bits per heavy atom. The Bertz CT molecular complexity index is 252. The van der Waals surface area contributed by atoms with Gasteiger partial charge in [-0.05, 0) is 13.1 Å². The predicted molar refractivity (Wildman–Crippen MR) is 61.9 cm³/mol. The van der Waals surface area contributed by atoms with Gasteiger partial charge < -0.3 is 15.5 Å². The molecule has 0 radical (unpaired) electrons. The highest BCUT2D eigenvalue weighted by atomic mass is 16.2. The number of amides is 2. The van der Waals surface area contributed by atoms with Crippen molar-refractivity contribution in [2.45, 2.75) is 20.3 Å². The van der Waals surface area contributed by atoms with E-state index in [-0.39, 0.29) is 17.7 Å². The van der Waals surface area contributed by atoms with Crippen LogP contribution in [0.1, 0.15) is 20.3 Å². The quantitative estimate of drug-likeness (QED) is 0.648. The van der Waals surface area contributed by atoms with Crippen LogP contribution < -0.4 is 10.6 Å². The zero-order valence-electron chi connectivity index (χ0n) is 10.1. The van der Waals surface area contributed by atoms with E-state index in [9.17, 15) is 9.59 Å². The van der Waals surface area contributed by atoms with Crippen molar-refractivity contribution in [3.63, 3.8) is 0 Å². The SMILES string of the molecule is CCN(CC)CCNC(=O)C1CNC(=O)C1. The first-order valence-corrected chi connectivity index (χ1v) is 5.94. The van der Waals surface area contributed by atoms with Gasteiger partial charge in [0.25, 0.3) is 0 Å². The molecule has 1 rings (SSSR count). The molecule has 1 aliphatic heterocycles. The molecule has 0 aliphatic carbocycles. The minimum absolute atomic E-state index is 0.00879. The van der Waals surface area contributed by atoms with Crippen LogP contribution in [-0.2, 0) is 9.59 Å². The Hall–Kier alpha value is -1.10. The molecule has 5 nitrogen and oxygen atoms in total. The van der Waals surface area contributed by atoms with E-state index < -0.39 is 0 Å². The molecule has 1 heterocycles. The Kier molecular flexibility index (Phi) is 5.25. The Morgan fingerprint density at radius 1 is 1.50 bits per heavy atom. The molecule has 1 atom stereocenters. The molecule has 0 bridgehead atoms. The molecule has 0 saturated carbocycles. The molecule has 0 aromatic heterocycles. The van der Waals surface area contributed by atoms with Crippen LogP contribution in [0.3, 0.4) is 0 Å². The molecule has 1 unspecified atom stereocenters. The number of hydrogen-bond donors (Lipinski definition) is 2. The van der Waals surface area contributed by atoms with Crippen LogP contribution in [0.15, 0.2) is 0 Å². The molecule has 0 spiro atoms. The second-order valence-electron chi connectivity index (χ2n) is 4.02. The van der Waals surface area contributed by atoms with E-state index in [0.29, 0.717) is 19.5 Å². The first-order chi connectivity index (χ1) is 7.67. The van der Waals surface area contributed by atoms with Crippen LogP contribution in [0.5, 0.6) is 0 Å². The van der Waals surface area contributed by atoms with Gasteiger partial charge in [0.15, 0.2) is 0 Å². The third kappa shape index (κ3) is 3.81. The summed E-state index contributed by atoms with van der Waals surface area (Å²) in [6.45, 7) is 8.20. The summed E-state index contributed by atoms with van der Waals surface area (Å²) in [6.07, 6.45) is 0.330. The van der Waals surface area contributed by atoms with Gasteiger partial charge in [0.2, 0.25) is 11.8 Å². The molecular formula is C11H21N3O2. The largest absolute Gasteiger partial charge is 0.355 e. The first-order valence-electron chi connectivity index (χ1n) is 5.94. The van der Waals surface area contributed by atoms with Crippen LogP contribution in [-0.4, -0.2) is 49.4 Å². The number of carbonyl (C=O) groups excluding carboxylic acids is 2. The lowest BCUT2D eigenvalue weighted by atomic mass is 10.1. The number of carbonyl (C=O) groups is 2. The third-order valence-corrected chi connectivity index (χ3v) is 2.97. The van der Waals surface area contributed by atoms with Crippen LogP contribution in [0.25, 0.3) is 0 Å². The van der Waals surface area contributed by atoms with Crippen molar-refractivity contribution in [2.24, 2.45) is 5.92 Å². The van der Waals surface area contributed by atoms with Gasteiger partial charge in [-0.15, -0.1) is 0 Å². The van der Waals surface area contributed by atoms with E-state index in [4.69, 9.17) is 0 Å². The minimum Gasteiger partial charge on any atom is -0.355 e. The van der Waals surface area contributed by atoms with E-state index in [0.717, 1.165) is 19.6 Å². The topological polar surface area (TPSA) is 61.4 Å². The first kappa shape index (κ1) is 13.0. The molecule has 1 fully saturated rings. The summed E-state index contributed by atoms with van der Waals surface area (Å²) >= 11 is 0. The number of nitrogens with one attached hydrogen (secondary N) is 2. The van der Waals surface area contributed by atoms with Crippen LogP contribution in [0.4, 0.5) is 0 Å². The summed E-state index contributed by atoms with van der Waals surface area (Å²) in [7, 11) is 0. The van der Waals surface area contributed by atoms with E-state index in [1.165, 1.54) is 0 Å². The summed E-state index contributed by atoms with van der Waals surface area (Å²) in [4.78, 5) is 24.8. The second-order valence-corrected chi connectivity index (χ2v) is 4.02. The fourth-order valence-corrected chi connectivity index (χ4v) is 1.81. The fourth-order valence-electron chi connectivity index (χ4n) is 1.81. The highest BCUT2D eigenvalue weighted by Gasteiger charge is 2.27. The number of nitrogens with zero attached hydrogens (tertiary/aromatic N) is 1. The van der Waals surface area contributed by atoms with Gasteiger partial charge in [-0.25, -0.2) is 0 Å². The number of rotatable bonds is 6. The Balaban J connectivity index is 2.17. The van der Waals surface area contributed by atoms with Crippen molar-refractivity contribution in [2.75, 3.05) is 32.7 Å². The molecule has 1 saturated heterocycles. The van der Waals surface area contributed by atoms with Gasteiger partial charge in [0.05, 0.1) is 5.92 Å². The van der Waals surface area contributed by atoms with Crippen molar-refractivity contribution in [3.8, 4) is 0 Å². The molecule has 0 aromatic carbocycles. The fraction of sp³-hybridized carbons (Fsp3) is 0.818. The zero-order chi connectivity index (χ0) is 12.0. The summed E-state index contributed by atoms with van der Waals surface area (Å²) in [5, 5.41) is 5.53. The summed E-state index contributed by atoms with van der Waals surface area (Å²) in [5.41, 5.74) is 0. The lowest BCUT2D eigenvalue weighted by Crippen LogP contribution is -2.38. The molecule has 92 valence electrons. The average Bonchev–Trinajstić information content (AvgIpc) is 2.71. The van der Waals surface area contributed by atoms with Gasteiger partial charge in [0, 0.05) is 26.1 Å². The predicted octanol–water partition coefficient (Wildman–Crippen LogP) is -0.419. The molecule has 16 heavy (non-hydrogen) atoms. The van der Waals surface area contributed by atoms with Gasteiger partial charge in [0.1, 0.15) is 0 Å². The van der Waals surface area contributed by atoms with Crippen LogP contribution in [0, 0.1) is 5.92 Å². The molecule has 2 amide bonds. The Morgan fingerprint density at radius 3 is 2.69 bits per heavy atom. The van der Waals surface area contributed by atoms with E-state index in [1.54, 1.807) is 0 Å². The van der Waals surface area contributed by atoms with Crippen LogP contribution >= 0.6 is 0 Å². The minimum atomic E-state index is -0.177. The highest BCUT2D eigenvalue weighted by molar-refractivity contribution is 5.89. The van der Waals surface area contributed by atoms with E-state index in [1.807, 2.05) is 0 Å². The monoisotopic (exact) mass is 227 g/mol. The number of hydrogen-bond acceptors (Lipinski definition) is 3. The van der Waals surface area contributed by atoms with Crippen molar-refractivity contribution >= 4 is 11.8 Å². The van der Waals surface area contributed by atoms with Crippen LogP contribution in [0.2, 0.25) is 0 Å². The maximum atomic E-state index is 11.6. The normalized spacial score (nSPS) is 19.9. The zero-order valence-corrected chi connectivity index (χ0v) is 10.1. The molecule has 5 heteroatoms. The maximum Gasteiger partial charge on any atom is 0.225 e. The third-order valence-electron chi connectivity index (χ3n) is 2.97. The van der Waals surface area contributed by atoms with Crippen molar-refractivity contribution in [1.82, 2.24) is 15.5 Å². The lowest BCUT2D eigenvalue weighted by molar-refractivity contribution is -0.126. The Labute approximate surface area is 96.6 Å². The summed E-state index contributed by atoms with van der Waals surface area (Å²) in [6, 6.07) is 0. The summed E-state index contributed by atoms with van der Waals surface area (Å²) in [5.74, 6) is -0.210. The molecule has 1 aliphatic rings. The van der Waals surface area contributed by atoms with E-state index in [2.05, 4.69) is 29.4 Å². The molecule has 0 aromatic rings. The average molecular weight is 227 g/mol. The maximum absolute atomic E-state index is 11.6. The van der Waals surface area contributed by atoms with Crippen molar-refractivity contribution in [3.05, 3.63) is 0 Å². The lowest BCUT2D eigenvalue weighted by Gasteiger charge is -2.18. The highest BCUT2D eigenvalue weighted by Crippen LogP contribution is 2.08. The summed E-state index contributed by atoms with van der Waals surface area (Å²) < 4.78 is 0. The van der Waals surface area contributed by atoms with Gasteiger partial charge >= 0.3 is 0 Å². The van der Waals surface area contributed by atoms with Crippen molar-refractivity contribution < 1.29 is 9.59 Å². The van der Waals surface area contributed by atoms with Gasteiger partial charge in [-0.3, -0.25) is 9.59 Å². The standard InChI is InChI=1S/C11H21N3O2/c1-3-14(4-2)6-5-12-11(16)9-7-10(15)13-8-9/h9H,3-8H2,1-2H3,(H,12,16)(H,13,15). The van der Waals surface area contributed by atoms with Gasteiger partial charge in [-0.2, -0.15) is 0 Å². The van der Waals surface area contributed by atoms with Gasteiger partial charge in [-0.1, -0.05) is 13.8 Å². The van der Waals surface area contributed by atoms with E-state index >= 15 is 0 Å².